The maximum Gasteiger partial charge on any atom is 0.0681 e. The van der Waals surface area contributed by atoms with E-state index in [0.717, 1.165) is 0 Å². The monoisotopic (exact) mass is 304 g/mol. The van der Waals surface area contributed by atoms with Gasteiger partial charge in [0.05, 0.1) is 18.6 Å². The summed E-state index contributed by atoms with van der Waals surface area (Å²) < 4.78 is 11.3. The van der Waals surface area contributed by atoms with E-state index in [9.17, 15) is 0 Å². The molecule has 0 N–H and O–H groups in total. The van der Waals surface area contributed by atoms with Crippen LogP contribution in [0.5, 0.6) is 0 Å². The maximum atomic E-state index is 5.66. The van der Waals surface area contributed by atoms with Crippen LogP contribution in [0.1, 0.15) is 11.1 Å². The highest BCUT2D eigenvalue weighted by atomic mass is 16.5. The number of fused-ring (bicyclic) bond motifs is 2. The molecular formula is C21H20O2. The second-order valence-corrected chi connectivity index (χ2v) is 6.20. The van der Waals surface area contributed by atoms with E-state index in [1.54, 1.807) is 14.2 Å². The molecule has 4 rings (SSSR count). The van der Waals surface area contributed by atoms with Crippen molar-refractivity contribution in [3.63, 3.8) is 0 Å². The lowest BCUT2D eigenvalue weighted by atomic mass is 9.67. The predicted molar refractivity (Wildman–Crippen MR) is 93.9 cm³/mol. The Balaban J connectivity index is 2.17. The van der Waals surface area contributed by atoms with E-state index in [2.05, 4.69) is 60.7 Å². The first-order chi connectivity index (χ1) is 11.3. The van der Waals surface area contributed by atoms with Crippen molar-refractivity contribution < 1.29 is 9.47 Å². The molecule has 0 aromatic heterocycles. The smallest absolute Gasteiger partial charge is 0.0681 e. The van der Waals surface area contributed by atoms with E-state index in [1.807, 2.05) is 0 Å². The fourth-order valence-electron chi connectivity index (χ4n) is 4.09. The Morgan fingerprint density at radius 1 is 0.696 bits per heavy atom. The molecule has 0 atom stereocenters. The molecule has 0 radical (unpaired) electrons. The number of hydrogen-bond acceptors (Lipinski definition) is 2. The van der Waals surface area contributed by atoms with Crippen LogP contribution in [0.25, 0.3) is 21.9 Å². The zero-order chi connectivity index (χ0) is 15.9. The molecule has 0 spiro atoms. The van der Waals surface area contributed by atoms with E-state index >= 15 is 0 Å². The van der Waals surface area contributed by atoms with E-state index < -0.39 is 0 Å². The van der Waals surface area contributed by atoms with Crippen molar-refractivity contribution in [3.05, 3.63) is 71.8 Å². The van der Waals surface area contributed by atoms with Gasteiger partial charge in [-0.3, -0.25) is 0 Å². The van der Waals surface area contributed by atoms with E-state index in [4.69, 9.17) is 9.47 Å². The maximum absolute atomic E-state index is 5.66. The molecule has 0 unspecified atom stereocenters. The highest BCUT2D eigenvalue weighted by Crippen LogP contribution is 2.48. The summed E-state index contributed by atoms with van der Waals surface area (Å²) >= 11 is 0. The number of hydrogen-bond donors (Lipinski definition) is 0. The normalized spacial score (nSPS) is 14.7. The number of rotatable bonds is 4. The Labute approximate surface area is 136 Å². The van der Waals surface area contributed by atoms with Gasteiger partial charge in [-0.05, 0) is 33.0 Å². The van der Waals surface area contributed by atoms with Crippen LogP contribution < -0.4 is 0 Å². The van der Waals surface area contributed by atoms with Crippen LogP contribution in [0.15, 0.2) is 60.7 Å². The van der Waals surface area contributed by atoms with Crippen molar-refractivity contribution in [2.45, 2.75) is 5.41 Å². The molecule has 23 heavy (non-hydrogen) atoms. The van der Waals surface area contributed by atoms with Crippen molar-refractivity contribution in [3.8, 4) is 11.1 Å². The second kappa shape index (κ2) is 5.48. The molecule has 0 fully saturated rings. The zero-order valence-electron chi connectivity index (χ0n) is 13.5. The molecule has 0 saturated carbocycles. The van der Waals surface area contributed by atoms with Gasteiger partial charge in [0, 0.05) is 14.2 Å². The van der Waals surface area contributed by atoms with Gasteiger partial charge >= 0.3 is 0 Å². The Bertz CT molecular complexity index is 855. The molecule has 0 heterocycles. The molecule has 1 aliphatic rings. The zero-order valence-corrected chi connectivity index (χ0v) is 13.5. The van der Waals surface area contributed by atoms with Gasteiger partial charge in [-0.2, -0.15) is 0 Å². The van der Waals surface area contributed by atoms with Crippen molar-refractivity contribution >= 4 is 10.8 Å². The van der Waals surface area contributed by atoms with Crippen molar-refractivity contribution in [1.82, 2.24) is 0 Å². The molecule has 0 aliphatic heterocycles. The summed E-state index contributed by atoms with van der Waals surface area (Å²) in [6.07, 6.45) is 0. The Morgan fingerprint density at radius 3 is 2.04 bits per heavy atom. The third kappa shape index (κ3) is 1.95. The SMILES string of the molecule is COCC1(COC)c2ccccc2-c2cccc3cccc1c23. The minimum atomic E-state index is -0.270. The minimum absolute atomic E-state index is 0.270. The summed E-state index contributed by atoms with van der Waals surface area (Å²) in [5.74, 6) is 0. The van der Waals surface area contributed by atoms with Crippen LogP contribution in [0.4, 0.5) is 0 Å². The predicted octanol–water partition coefficient (Wildman–Crippen LogP) is 4.40. The molecule has 0 saturated heterocycles. The molecule has 1 aliphatic carbocycles. The summed E-state index contributed by atoms with van der Waals surface area (Å²) in [6, 6.07) is 21.7. The lowest BCUT2D eigenvalue weighted by Crippen LogP contribution is -2.40. The summed E-state index contributed by atoms with van der Waals surface area (Å²) in [5.41, 5.74) is 4.90. The Kier molecular flexibility index (Phi) is 3.44. The highest BCUT2D eigenvalue weighted by Gasteiger charge is 2.41. The van der Waals surface area contributed by atoms with Crippen LogP contribution in [0.2, 0.25) is 0 Å². The van der Waals surface area contributed by atoms with Crippen molar-refractivity contribution in [1.29, 1.82) is 0 Å². The van der Waals surface area contributed by atoms with Crippen LogP contribution in [0, 0.1) is 0 Å². The molecule has 0 bridgehead atoms. The fraction of sp³-hybridized carbons (Fsp3) is 0.238. The number of benzene rings is 3. The van der Waals surface area contributed by atoms with Gasteiger partial charge in [-0.15, -0.1) is 0 Å². The summed E-state index contributed by atoms with van der Waals surface area (Å²) in [4.78, 5) is 0. The van der Waals surface area contributed by atoms with Crippen molar-refractivity contribution in [2.75, 3.05) is 27.4 Å². The first kappa shape index (κ1) is 14.4. The molecule has 3 aromatic rings. The average molecular weight is 304 g/mol. The molecular weight excluding hydrogens is 284 g/mol. The topological polar surface area (TPSA) is 18.5 Å². The third-order valence-electron chi connectivity index (χ3n) is 4.93. The van der Waals surface area contributed by atoms with E-state index in [1.165, 1.54) is 33.0 Å². The molecule has 116 valence electrons. The van der Waals surface area contributed by atoms with E-state index in [0.29, 0.717) is 13.2 Å². The standard InChI is InChI=1S/C21H20O2/c1-22-13-21(14-23-2)18-11-4-3-9-16(18)17-10-5-7-15-8-6-12-19(21)20(15)17/h3-12H,13-14H2,1-2H3. The van der Waals surface area contributed by atoms with Crippen LogP contribution in [-0.4, -0.2) is 27.4 Å². The van der Waals surface area contributed by atoms with Gasteiger partial charge in [0.15, 0.2) is 0 Å². The molecule has 2 nitrogen and oxygen atoms in total. The van der Waals surface area contributed by atoms with E-state index in [-0.39, 0.29) is 5.41 Å². The Morgan fingerprint density at radius 2 is 1.30 bits per heavy atom. The first-order valence-corrected chi connectivity index (χ1v) is 7.92. The van der Waals surface area contributed by atoms with Gasteiger partial charge in [-0.25, -0.2) is 0 Å². The summed E-state index contributed by atoms with van der Waals surface area (Å²) in [7, 11) is 3.53. The lowest BCUT2D eigenvalue weighted by molar-refractivity contribution is 0.0800. The van der Waals surface area contributed by atoms with Crippen LogP contribution >= 0.6 is 0 Å². The van der Waals surface area contributed by atoms with Gasteiger partial charge < -0.3 is 9.47 Å². The largest absolute Gasteiger partial charge is 0.383 e. The van der Waals surface area contributed by atoms with Gasteiger partial charge in [0.1, 0.15) is 0 Å². The number of methoxy groups -OCH3 is 2. The van der Waals surface area contributed by atoms with Crippen LogP contribution in [0.3, 0.4) is 0 Å². The molecule has 3 aromatic carbocycles. The minimum Gasteiger partial charge on any atom is -0.383 e. The summed E-state index contributed by atoms with van der Waals surface area (Å²) in [6.45, 7) is 1.20. The Hall–Kier alpha value is -2.16. The molecule has 0 amide bonds. The summed E-state index contributed by atoms with van der Waals surface area (Å²) in [5, 5.41) is 2.59. The van der Waals surface area contributed by atoms with Crippen molar-refractivity contribution in [2.24, 2.45) is 0 Å². The molecule has 2 heteroatoms. The first-order valence-electron chi connectivity index (χ1n) is 7.92. The lowest BCUT2D eigenvalue weighted by Gasteiger charge is -2.39. The second-order valence-electron chi connectivity index (χ2n) is 6.20. The average Bonchev–Trinajstić information content (AvgIpc) is 2.60. The quantitative estimate of drug-likeness (QED) is 0.711. The van der Waals surface area contributed by atoms with Crippen LogP contribution in [-0.2, 0) is 14.9 Å². The fourth-order valence-corrected chi connectivity index (χ4v) is 4.09. The highest BCUT2D eigenvalue weighted by molar-refractivity contribution is 6.03. The number of ether oxygens (including phenoxy) is 2. The van der Waals surface area contributed by atoms with Gasteiger partial charge in [-0.1, -0.05) is 60.7 Å². The van der Waals surface area contributed by atoms with Gasteiger partial charge in [0.2, 0.25) is 0 Å². The third-order valence-corrected chi connectivity index (χ3v) is 4.93. The van der Waals surface area contributed by atoms with Gasteiger partial charge in [0.25, 0.3) is 0 Å².